The monoisotopic (exact) mass is 457 g/mol. The molecule has 2 N–H and O–H groups in total. The Hall–Kier alpha value is -0.100. The summed E-state index contributed by atoms with van der Waals surface area (Å²) >= 11 is 7.24. The van der Waals surface area contributed by atoms with Gasteiger partial charge in [-0.3, -0.25) is 0 Å². The molecule has 2 unspecified atom stereocenters. The molecule has 4 fully saturated rings. The quantitative estimate of drug-likeness (QED) is 0.666. The highest BCUT2D eigenvalue weighted by Crippen LogP contribution is 2.57. The van der Waals surface area contributed by atoms with Crippen molar-refractivity contribution >= 4 is 31.9 Å². The Bertz CT molecular complexity index is 611. The van der Waals surface area contributed by atoms with Gasteiger partial charge in [-0.1, -0.05) is 0 Å². The molecule has 5 rings (SSSR count). The second kappa shape index (κ2) is 6.26. The number of halogens is 2. The van der Waals surface area contributed by atoms with Crippen LogP contribution in [0.2, 0.25) is 0 Å². The minimum atomic E-state index is -0.406. The van der Waals surface area contributed by atoms with Gasteiger partial charge in [0.15, 0.2) is 0 Å². The Morgan fingerprint density at radius 2 is 1.79 bits per heavy atom. The van der Waals surface area contributed by atoms with Gasteiger partial charge in [0, 0.05) is 12.1 Å². The molecular formula is C19H25Br2NO2. The third kappa shape index (κ3) is 3.17. The molecule has 132 valence electrons. The lowest BCUT2D eigenvalue weighted by Crippen LogP contribution is -2.64. The van der Waals surface area contributed by atoms with E-state index in [1.165, 1.54) is 24.8 Å². The molecule has 0 saturated heterocycles. The third-order valence-electron chi connectivity index (χ3n) is 6.04. The van der Waals surface area contributed by atoms with E-state index in [0.29, 0.717) is 18.4 Å². The molecule has 1 aromatic carbocycles. The highest BCUT2D eigenvalue weighted by atomic mass is 79.9. The number of aliphatic hydroxyl groups is 1. The highest BCUT2D eigenvalue weighted by Gasteiger charge is 2.56. The van der Waals surface area contributed by atoms with Crippen LogP contribution in [0.1, 0.15) is 51.0 Å². The van der Waals surface area contributed by atoms with E-state index in [1.54, 1.807) is 0 Å². The zero-order chi connectivity index (χ0) is 16.9. The van der Waals surface area contributed by atoms with E-state index >= 15 is 0 Å². The van der Waals surface area contributed by atoms with Crippen LogP contribution < -0.4 is 10.1 Å². The van der Waals surface area contributed by atoms with Crippen LogP contribution in [0.3, 0.4) is 0 Å². The Balaban J connectivity index is 1.49. The van der Waals surface area contributed by atoms with Gasteiger partial charge in [-0.15, -0.1) is 0 Å². The van der Waals surface area contributed by atoms with E-state index in [2.05, 4.69) is 49.3 Å². The second-order valence-electron chi connectivity index (χ2n) is 8.14. The summed E-state index contributed by atoms with van der Waals surface area (Å²) in [6, 6.07) is 4.27. The fourth-order valence-corrected chi connectivity index (χ4v) is 7.22. The van der Waals surface area contributed by atoms with Crippen molar-refractivity contribution in [3.8, 4) is 5.75 Å². The summed E-state index contributed by atoms with van der Waals surface area (Å²) < 4.78 is 7.64. The van der Waals surface area contributed by atoms with E-state index in [-0.39, 0.29) is 5.54 Å². The average Bonchev–Trinajstić information content (AvgIpc) is 2.46. The second-order valence-corrected chi connectivity index (χ2v) is 9.85. The Kier molecular flexibility index (Phi) is 4.51. The van der Waals surface area contributed by atoms with Crippen LogP contribution in [0.4, 0.5) is 0 Å². The molecule has 0 heterocycles. The minimum absolute atomic E-state index is 0.135. The van der Waals surface area contributed by atoms with Crippen molar-refractivity contribution in [1.29, 1.82) is 0 Å². The van der Waals surface area contributed by atoms with Gasteiger partial charge in [0.25, 0.3) is 0 Å². The minimum Gasteiger partial charge on any atom is -0.492 e. The maximum absolute atomic E-state index is 10.9. The van der Waals surface area contributed by atoms with Crippen LogP contribution in [0.25, 0.3) is 0 Å². The average molecular weight is 459 g/mol. The van der Waals surface area contributed by atoms with E-state index in [4.69, 9.17) is 4.74 Å². The number of nitrogens with one attached hydrogen (secondary N) is 1. The van der Waals surface area contributed by atoms with Crippen molar-refractivity contribution < 1.29 is 9.84 Å². The van der Waals surface area contributed by atoms with Crippen LogP contribution in [0.5, 0.6) is 5.75 Å². The molecule has 0 radical (unpaired) electrons. The number of ether oxygens (including phenoxy) is 1. The van der Waals surface area contributed by atoms with Gasteiger partial charge in [0.2, 0.25) is 0 Å². The number of benzene rings is 1. The standard InChI is InChI=1S/C19H25Br2NO2/c1-2-24-17-15(20)4-12(5-16(17)21)10-22-18-6-13-3-14(7-18)9-19(23,8-13)11-18/h4-5,13-14,22-23H,2-3,6-11H2,1H3. The van der Waals surface area contributed by atoms with Gasteiger partial charge >= 0.3 is 0 Å². The zero-order valence-corrected chi connectivity index (χ0v) is 17.2. The Morgan fingerprint density at radius 3 is 2.33 bits per heavy atom. The van der Waals surface area contributed by atoms with E-state index in [1.807, 2.05) is 6.92 Å². The molecule has 5 heteroatoms. The Labute approximate surface area is 160 Å². The summed E-state index contributed by atoms with van der Waals surface area (Å²) in [4.78, 5) is 0. The normalized spacial score (nSPS) is 37.0. The number of hydrogen-bond donors (Lipinski definition) is 2. The first kappa shape index (κ1) is 17.3. The van der Waals surface area contributed by atoms with Crippen molar-refractivity contribution in [2.24, 2.45) is 11.8 Å². The maximum atomic E-state index is 10.9. The van der Waals surface area contributed by atoms with Gasteiger partial charge in [-0.05, 0) is 107 Å². The van der Waals surface area contributed by atoms with Crippen LogP contribution in [0, 0.1) is 11.8 Å². The summed E-state index contributed by atoms with van der Waals surface area (Å²) in [6.07, 6.45) is 6.74. The molecule has 1 aromatic rings. The predicted octanol–water partition coefficient (Wildman–Crippen LogP) is 4.78. The van der Waals surface area contributed by atoms with E-state index < -0.39 is 5.60 Å². The first-order valence-electron chi connectivity index (χ1n) is 8.98. The molecule has 4 aliphatic rings. The molecule has 4 saturated carbocycles. The zero-order valence-electron chi connectivity index (χ0n) is 14.1. The fraction of sp³-hybridized carbons (Fsp3) is 0.684. The lowest BCUT2D eigenvalue weighted by molar-refractivity contribution is -0.142. The van der Waals surface area contributed by atoms with Crippen molar-refractivity contribution in [2.75, 3.05) is 6.61 Å². The fourth-order valence-electron chi connectivity index (χ4n) is 5.71. The summed E-state index contributed by atoms with van der Waals surface area (Å²) in [5.41, 5.74) is 0.966. The summed E-state index contributed by atoms with van der Waals surface area (Å²) in [6.45, 7) is 3.48. The van der Waals surface area contributed by atoms with Gasteiger partial charge in [0.1, 0.15) is 5.75 Å². The first-order valence-corrected chi connectivity index (χ1v) is 10.6. The summed E-state index contributed by atoms with van der Waals surface area (Å²) in [5.74, 6) is 2.29. The lowest BCUT2D eigenvalue weighted by Gasteiger charge is -2.60. The summed E-state index contributed by atoms with van der Waals surface area (Å²) in [7, 11) is 0. The third-order valence-corrected chi connectivity index (χ3v) is 7.22. The molecule has 0 aliphatic heterocycles. The molecule has 2 atom stereocenters. The van der Waals surface area contributed by atoms with Crippen molar-refractivity contribution in [3.63, 3.8) is 0 Å². The highest BCUT2D eigenvalue weighted by molar-refractivity contribution is 9.11. The van der Waals surface area contributed by atoms with Crippen LogP contribution >= 0.6 is 31.9 Å². The maximum Gasteiger partial charge on any atom is 0.147 e. The van der Waals surface area contributed by atoms with Crippen LogP contribution in [-0.4, -0.2) is 22.9 Å². The van der Waals surface area contributed by atoms with Gasteiger partial charge < -0.3 is 15.2 Å². The molecule has 0 amide bonds. The van der Waals surface area contributed by atoms with Crippen molar-refractivity contribution in [1.82, 2.24) is 5.32 Å². The lowest BCUT2D eigenvalue weighted by atomic mass is 9.51. The number of hydrogen-bond acceptors (Lipinski definition) is 3. The molecule has 4 bridgehead atoms. The van der Waals surface area contributed by atoms with Gasteiger partial charge in [-0.2, -0.15) is 0 Å². The van der Waals surface area contributed by atoms with Gasteiger partial charge in [-0.25, -0.2) is 0 Å². The first-order chi connectivity index (χ1) is 11.4. The largest absolute Gasteiger partial charge is 0.492 e. The molecule has 3 nitrogen and oxygen atoms in total. The van der Waals surface area contributed by atoms with E-state index in [0.717, 1.165) is 40.5 Å². The summed E-state index contributed by atoms with van der Waals surface area (Å²) in [5, 5.41) is 14.7. The van der Waals surface area contributed by atoms with E-state index in [9.17, 15) is 5.11 Å². The Morgan fingerprint density at radius 1 is 1.17 bits per heavy atom. The number of rotatable bonds is 5. The van der Waals surface area contributed by atoms with Crippen LogP contribution in [0.15, 0.2) is 21.1 Å². The molecular weight excluding hydrogens is 434 g/mol. The van der Waals surface area contributed by atoms with Crippen molar-refractivity contribution in [2.45, 2.75) is 63.1 Å². The predicted molar refractivity (Wildman–Crippen MR) is 102 cm³/mol. The molecule has 0 aromatic heterocycles. The van der Waals surface area contributed by atoms with Crippen molar-refractivity contribution in [3.05, 3.63) is 26.6 Å². The molecule has 24 heavy (non-hydrogen) atoms. The SMILES string of the molecule is CCOc1c(Br)cc(CNC23CC4CC(CC(O)(C4)C2)C3)cc1Br. The topological polar surface area (TPSA) is 41.5 Å². The van der Waals surface area contributed by atoms with Gasteiger partial charge in [0.05, 0.1) is 21.2 Å². The smallest absolute Gasteiger partial charge is 0.147 e. The molecule has 4 aliphatic carbocycles. The molecule has 0 spiro atoms. The van der Waals surface area contributed by atoms with Crippen LogP contribution in [-0.2, 0) is 6.54 Å².